The molecule has 0 amide bonds. The molecule has 74 heavy (non-hydrogen) atoms. The minimum atomic E-state index is -0.624. The van der Waals surface area contributed by atoms with E-state index < -0.39 is 10.8 Å². The zero-order chi connectivity index (χ0) is 48.5. The fraction of sp³-hybridized carbons (Fsp3) is 0.0278. The minimum absolute atomic E-state index is 0.424. The molecule has 2 spiro atoms. The molecular weight excluding hydrogens is 893 g/mol. The third-order valence-electron chi connectivity index (χ3n) is 16.8. The fourth-order valence-electron chi connectivity index (χ4n) is 14.2. The van der Waals surface area contributed by atoms with E-state index in [9.17, 15) is 0 Å². The lowest BCUT2D eigenvalue weighted by Gasteiger charge is -2.34. The van der Waals surface area contributed by atoms with Crippen LogP contribution in [0.1, 0.15) is 44.5 Å². The van der Waals surface area contributed by atoms with Crippen molar-refractivity contribution in [3.05, 3.63) is 324 Å². The van der Waals surface area contributed by atoms with Gasteiger partial charge in [-0.15, -0.1) is 0 Å². The van der Waals surface area contributed by atoms with Crippen molar-refractivity contribution in [2.24, 2.45) is 0 Å². The van der Waals surface area contributed by atoms with Gasteiger partial charge in [0.2, 0.25) is 0 Å². The average Bonchev–Trinajstić information content (AvgIpc) is 4.25. The molecule has 12 aromatic rings. The summed E-state index contributed by atoms with van der Waals surface area (Å²) in [5.41, 5.74) is 26.6. The van der Waals surface area contributed by atoms with E-state index in [4.69, 9.17) is 0 Å². The van der Waals surface area contributed by atoms with Crippen LogP contribution in [-0.2, 0) is 10.8 Å². The Balaban J connectivity index is 0.977. The van der Waals surface area contributed by atoms with Gasteiger partial charge in [0.15, 0.2) is 0 Å². The van der Waals surface area contributed by atoms with Crippen LogP contribution in [0.4, 0.5) is 34.1 Å². The SMILES string of the molecule is c1ccc(N(c2ccccc2)c2cccc3c2-c2ccccc2C32c3ccccc3-c3c2cc(N(c2ccccc2)c2ccc4c(c2)-c2ccccc2C42c4ccccc4-c4ccccc42)c2ccccc32)cc1. The molecule has 1 unspecified atom stereocenters. The standard InChI is InChI=1S/C72H46N2/c1-4-23-47(24-5-1)73(48-25-6-2-7-26-48)67-42-22-41-65-70(67)57-35-16-21-40-63(57)72(65)62-39-20-15-34-56(62)69-55-33-11-10-32-54(55)68(46-66(69)72)74(49-27-8-3-9-28-49)50-43-44-64-58(45-50)53-31-14-19-38-61(53)71(64)59-36-17-12-29-51(59)52-30-13-18-37-60(52)71/h1-46H. The molecule has 0 saturated carbocycles. The van der Waals surface area contributed by atoms with Gasteiger partial charge in [0.05, 0.1) is 22.2 Å². The van der Waals surface area contributed by atoms with Crippen molar-refractivity contribution in [1.29, 1.82) is 0 Å². The van der Waals surface area contributed by atoms with Crippen molar-refractivity contribution in [3.8, 4) is 44.5 Å². The van der Waals surface area contributed by atoms with Gasteiger partial charge in [0.25, 0.3) is 0 Å². The highest BCUT2D eigenvalue weighted by molar-refractivity contribution is 6.13. The van der Waals surface area contributed by atoms with Gasteiger partial charge < -0.3 is 9.80 Å². The van der Waals surface area contributed by atoms with Gasteiger partial charge in [0, 0.05) is 33.7 Å². The second-order valence-electron chi connectivity index (χ2n) is 20.2. The summed E-state index contributed by atoms with van der Waals surface area (Å²) in [6.07, 6.45) is 0. The molecule has 0 aromatic heterocycles. The highest BCUT2D eigenvalue weighted by Gasteiger charge is 2.54. The predicted molar refractivity (Wildman–Crippen MR) is 306 cm³/mol. The fourth-order valence-corrected chi connectivity index (χ4v) is 14.2. The molecule has 12 aromatic carbocycles. The third kappa shape index (κ3) is 5.28. The lowest BCUT2D eigenvalue weighted by atomic mass is 9.70. The van der Waals surface area contributed by atoms with Gasteiger partial charge in [-0.05, 0) is 150 Å². The smallest absolute Gasteiger partial charge is 0.0727 e. The molecule has 1 atom stereocenters. The second-order valence-corrected chi connectivity index (χ2v) is 20.2. The maximum Gasteiger partial charge on any atom is 0.0727 e. The van der Waals surface area contributed by atoms with E-state index in [1.165, 1.54) is 99.8 Å². The van der Waals surface area contributed by atoms with Crippen molar-refractivity contribution < 1.29 is 0 Å². The summed E-state index contributed by atoms with van der Waals surface area (Å²) in [6, 6.07) is 104. The van der Waals surface area contributed by atoms with Crippen LogP contribution in [0.5, 0.6) is 0 Å². The minimum Gasteiger partial charge on any atom is -0.310 e. The molecular formula is C72H46N2. The van der Waals surface area contributed by atoms with E-state index in [1.807, 2.05) is 0 Å². The second kappa shape index (κ2) is 15.5. The lowest BCUT2D eigenvalue weighted by Crippen LogP contribution is -2.26. The summed E-state index contributed by atoms with van der Waals surface area (Å²) in [7, 11) is 0. The first-order chi connectivity index (χ1) is 36.8. The number of hydrogen-bond donors (Lipinski definition) is 0. The topological polar surface area (TPSA) is 6.48 Å². The Hall–Kier alpha value is -9.50. The number of anilines is 6. The van der Waals surface area contributed by atoms with Gasteiger partial charge in [-0.3, -0.25) is 0 Å². The Labute approximate surface area is 431 Å². The number of hydrogen-bond acceptors (Lipinski definition) is 2. The molecule has 0 radical (unpaired) electrons. The molecule has 2 nitrogen and oxygen atoms in total. The van der Waals surface area contributed by atoms with Crippen LogP contribution in [0.3, 0.4) is 0 Å². The summed E-state index contributed by atoms with van der Waals surface area (Å²) >= 11 is 0. The zero-order valence-electron chi connectivity index (χ0n) is 40.5. The summed E-state index contributed by atoms with van der Waals surface area (Å²) < 4.78 is 0. The Morgan fingerprint density at radius 1 is 0.203 bits per heavy atom. The van der Waals surface area contributed by atoms with Gasteiger partial charge in [0.1, 0.15) is 0 Å². The largest absolute Gasteiger partial charge is 0.310 e. The quantitative estimate of drug-likeness (QED) is 0.164. The Kier molecular flexibility index (Phi) is 8.62. The Morgan fingerprint density at radius 3 is 1.12 bits per heavy atom. The maximum absolute atomic E-state index is 2.57. The molecule has 0 heterocycles. The Bertz CT molecular complexity index is 4190. The summed E-state index contributed by atoms with van der Waals surface area (Å²) in [5, 5.41) is 2.45. The van der Waals surface area contributed by atoms with E-state index in [-0.39, 0.29) is 0 Å². The van der Waals surface area contributed by atoms with Gasteiger partial charge in [-0.2, -0.15) is 0 Å². The van der Waals surface area contributed by atoms with Crippen LogP contribution >= 0.6 is 0 Å². The molecule has 4 aliphatic rings. The third-order valence-corrected chi connectivity index (χ3v) is 16.8. The molecule has 2 heteroatoms. The van der Waals surface area contributed by atoms with E-state index in [2.05, 4.69) is 289 Å². The molecule has 4 aliphatic carbocycles. The van der Waals surface area contributed by atoms with Gasteiger partial charge in [-0.1, -0.05) is 218 Å². The molecule has 0 bridgehead atoms. The summed E-state index contributed by atoms with van der Waals surface area (Å²) in [6.45, 7) is 0. The Morgan fingerprint density at radius 2 is 0.581 bits per heavy atom. The average molecular weight is 939 g/mol. The van der Waals surface area contributed by atoms with Crippen LogP contribution in [0.25, 0.3) is 55.3 Å². The van der Waals surface area contributed by atoms with Crippen molar-refractivity contribution in [3.63, 3.8) is 0 Å². The molecule has 0 saturated heterocycles. The van der Waals surface area contributed by atoms with E-state index >= 15 is 0 Å². The number of fused-ring (bicyclic) bond motifs is 22. The van der Waals surface area contributed by atoms with Crippen LogP contribution in [-0.4, -0.2) is 0 Å². The van der Waals surface area contributed by atoms with Crippen LogP contribution in [0, 0.1) is 0 Å². The van der Waals surface area contributed by atoms with Crippen molar-refractivity contribution in [1.82, 2.24) is 0 Å². The summed E-state index contributed by atoms with van der Waals surface area (Å²) in [4.78, 5) is 4.98. The van der Waals surface area contributed by atoms with Gasteiger partial charge in [-0.25, -0.2) is 0 Å². The van der Waals surface area contributed by atoms with Gasteiger partial charge >= 0.3 is 0 Å². The van der Waals surface area contributed by atoms with Crippen molar-refractivity contribution >= 4 is 44.9 Å². The van der Waals surface area contributed by atoms with Crippen molar-refractivity contribution in [2.45, 2.75) is 10.8 Å². The van der Waals surface area contributed by atoms with E-state index in [1.54, 1.807) is 0 Å². The number of para-hydroxylation sites is 3. The zero-order valence-corrected chi connectivity index (χ0v) is 40.5. The lowest BCUT2D eigenvalue weighted by molar-refractivity contribution is 0.793. The van der Waals surface area contributed by atoms with Crippen LogP contribution < -0.4 is 9.80 Å². The van der Waals surface area contributed by atoms with Crippen molar-refractivity contribution in [2.75, 3.05) is 9.80 Å². The molecule has 0 aliphatic heterocycles. The number of nitrogens with zero attached hydrogens (tertiary/aromatic N) is 2. The van der Waals surface area contributed by atoms with Crippen LogP contribution in [0.2, 0.25) is 0 Å². The highest BCUT2D eigenvalue weighted by atomic mass is 15.2. The number of rotatable bonds is 6. The molecule has 344 valence electrons. The van der Waals surface area contributed by atoms with Crippen LogP contribution in [0.15, 0.2) is 279 Å². The first-order valence-electron chi connectivity index (χ1n) is 25.8. The predicted octanol–water partition coefficient (Wildman–Crippen LogP) is 18.5. The normalized spacial score (nSPS) is 15.2. The van der Waals surface area contributed by atoms with E-state index in [0.717, 1.165) is 34.1 Å². The molecule has 0 fully saturated rings. The first-order valence-corrected chi connectivity index (χ1v) is 25.8. The number of benzene rings is 12. The van der Waals surface area contributed by atoms with E-state index in [0.29, 0.717) is 0 Å². The first kappa shape index (κ1) is 41.2. The summed E-state index contributed by atoms with van der Waals surface area (Å²) in [5.74, 6) is 0. The maximum atomic E-state index is 2.57. The molecule has 16 rings (SSSR count). The highest BCUT2D eigenvalue weighted by Crippen LogP contribution is 2.67. The molecule has 0 N–H and O–H groups in total. The monoisotopic (exact) mass is 938 g/mol.